The smallest absolute Gasteiger partial charge is 0.119 e. The summed E-state index contributed by atoms with van der Waals surface area (Å²) >= 11 is 0. The first-order chi connectivity index (χ1) is 12.3. The fourth-order valence-electron chi connectivity index (χ4n) is 4.95. The van der Waals surface area contributed by atoms with Crippen LogP contribution in [-0.4, -0.2) is 32.3 Å². The molecule has 1 fully saturated rings. The van der Waals surface area contributed by atoms with Crippen LogP contribution in [0.4, 0.5) is 5.69 Å². The molecule has 2 aromatic rings. The molecular formula is C22H28N2O. The molecule has 0 spiro atoms. The van der Waals surface area contributed by atoms with Gasteiger partial charge in [0.25, 0.3) is 0 Å². The number of ether oxygens (including phenoxy) is 1. The van der Waals surface area contributed by atoms with E-state index in [9.17, 15) is 0 Å². The zero-order chi connectivity index (χ0) is 17.3. The molecule has 1 saturated heterocycles. The van der Waals surface area contributed by atoms with Gasteiger partial charge in [-0.15, -0.1) is 0 Å². The molecular weight excluding hydrogens is 308 g/mol. The number of anilines is 1. The molecule has 2 aliphatic rings. The van der Waals surface area contributed by atoms with Crippen molar-refractivity contribution in [2.24, 2.45) is 0 Å². The average Bonchev–Trinajstić information content (AvgIpc) is 3.12. The maximum atomic E-state index is 5.35. The van der Waals surface area contributed by atoms with Gasteiger partial charge in [0.1, 0.15) is 5.75 Å². The van der Waals surface area contributed by atoms with Gasteiger partial charge >= 0.3 is 0 Å². The van der Waals surface area contributed by atoms with Crippen LogP contribution in [0.15, 0.2) is 48.5 Å². The Kier molecular flexibility index (Phi) is 4.43. The van der Waals surface area contributed by atoms with E-state index in [0.717, 1.165) is 31.8 Å². The molecule has 4 rings (SSSR count). The van der Waals surface area contributed by atoms with Gasteiger partial charge in [-0.1, -0.05) is 31.2 Å². The zero-order valence-electron chi connectivity index (χ0n) is 15.3. The Bertz CT molecular complexity index is 727. The first-order valence-electron chi connectivity index (χ1n) is 9.49. The highest BCUT2D eigenvalue weighted by atomic mass is 16.5. The van der Waals surface area contributed by atoms with Gasteiger partial charge in [0, 0.05) is 31.2 Å². The highest BCUT2D eigenvalue weighted by Crippen LogP contribution is 2.47. The van der Waals surface area contributed by atoms with Gasteiger partial charge in [-0.3, -0.25) is 0 Å². The first kappa shape index (κ1) is 16.5. The fraction of sp³-hybridized carbons (Fsp3) is 0.455. The normalized spacial score (nSPS) is 25.7. The first-order valence-corrected chi connectivity index (χ1v) is 9.49. The predicted octanol–water partition coefficient (Wildman–Crippen LogP) is 3.98. The van der Waals surface area contributed by atoms with Crippen LogP contribution in [0.2, 0.25) is 0 Å². The molecule has 2 aromatic carbocycles. The molecule has 0 radical (unpaired) electrons. The maximum Gasteiger partial charge on any atom is 0.119 e. The Labute approximate surface area is 151 Å². The molecule has 132 valence electrons. The second kappa shape index (κ2) is 6.72. The predicted molar refractivity (Wildman–Crippen MR) is 104 cm³/mol. The molecule has 0 bridgehead atoms. The number of methoxy groups -OCH3 is 1. The quantitative estimate of drug-likeness (QED) is 0.914. The van der Waals surface area contributed by atoms with Crippen LogP contribution in [0.1, 0.15) is 36.8 Å². The van der Waals surface area contributed by atoms with Crippen molar-refractivity contribution in [1.82, 2.24) is 5.32 Å². The minimum atomic E-state index is 0.138. The van der Waals surface area contributed by atoms with Crippen molar-refractivity contribution in [2.45, 2.75) is 37.6 Å². The zero-order valence-corrected chi connectivity index (χ0v) is 15.3. The van der Waals surface area contributed by atoms with Gasteiger partial charge in [-0.05, 0) is 54.7 Å². The number of hydrogen-bond acceptors (Lipinski definition) is 3. The summed E-state index contributed by atoms with van der Waals surface area (Å²) in [4.78, 5) is 2.66. The second-order valence-corrected chi connectivity index (χ2v) is 7.27. The topological polar surface area (TPSA) is 24.5 Å². The summed E-state index contributed by atoms with van der Waals surface area (Å²) in [6.45, 7) is 5.50. The number of nitrogens with zero attached hydrogens (tertiary/aromatic N) is 1. The molecule has 2 atom stereocenters. The summed E-state index contributed by atoms with van der Waals surface area (Å²) in [5.74, 6) is 1.51. The van der Waals surface area contributed by atoms with Gasteiger partial charge in [-0.2, -0.15) is 0 Å². The molecule has 2 unspecified atom stereocenters. The molecule has 1 aliphatic heterocycles. The van der Waals surface area contributed by atoms with Crippen molar-refractivity contribution in [2.75, 3.05) is 31.6 Å². The maximum absolute atomic E-state index is 5.35. The Hall–Kier alpha value is -2.00. The highest BCUT2D eigenvalue weighted by molar-refractivity contribution is 5.54. The van der Waals surface area contributed by atoms with E-state index in [0.29, 0.717) is 5.92 Å². The molecule has 1 heterocycles. The van der Waals surface area contributed by atoms with Crippen molar-refractivity contribution in [1.29, 1.82) is 0 Å². The summed E-state index contributed by atoms with van der Waals surface area (Å²) < 4.78 is 5.35. The molecule has 1 N–H and O–H groups in total. The average molecular weight is 336 g/mol. The second-order valence-electron chi connectivity index (χ2n) is 7.27. The molecule has 25 heavy (non-hydrogen) atoms. The van der Waals surface area contributed by atoms with Crippen LogP contribution in [0.3, 0.4) is 0 Å². The van der Waals surface area contributed by atoms with E-state index in [2.05, 4.69) is 65.7 Å². The Morgan fingerprint density at radius 2 is 1.96 bits per heavy atom. The Morgan fingerprint density at radius 1 is 1.16 bits per heavy atom. The lowest BCUT2D eigenvalue weighted by molar-refractivity contribution is 0.261. The molecule has 0 amide bonds. The summed E-state index contributed by atoms with van der Waals surface area (Å²) in [5.41, 5.74) is 4.56. The van der Waals surface area contributed by atoms with Gasteiger partial charge in [-0.25, -0.2) is 0 Å². The lowest BCUT2D eigenvalue weighted by atomic mass is 9.75. The van der Waals surface area contributed by atoms with Crippen LogP contribution < -0.4 is 15.0 Å². The van der Waals surface area contributed by atoms with Gasteiger partial charge in [0.05, 0.1) is 12.6 Å². The summed E-state index contributed by atoms with van der Waals surface area (Å²) in [6, 6.07) is 17.7. The van der Waals surface area contributed by atoms with E-state index in [1.807, 2.05) is 0 Å². The van der Waals surface area contributed by atoms with Crippen LogP contribution in [0.5, 0.6) is 5.75 Å². The molecule has 1 aliphatic carbocycles. The van der Waals surface area contributed by atoms with Crippen LogP contribution in [-0.2, 0) is 6.42 Å². The van der Waals surface area contributed by atoms with E-state index in [-0.39, 0.29) is 5.54 Å². The van der Waals surface area contributed by atoms with Crippen LogP contribution in [0, 0.1) is 0 Å². The lowest BCUT2D eigenvalue weighted by Gasteiger charge is -2.52. The van der Waals surface area contributed by atoms with Crippen molar-refractivity contribution in [3.05, 3.63) is 59.7 Å². The number of nitrogens with one attached hydrogen (secondary N) is 1. The van der Waals surface area contributed by atoms with Crippen molar-refractivity contribution < 1.29 is 4.74 Å². The van der Waals surface area contributed by atoms with E-state index < -0.39 is 0 Å². The molecule has 0 aromatic heterocycles. The molecule has 3 nitrogen and oxygen atoms in total. The third-order valence-corrected chi connectivity index (χ3v) is 6.26. The van der Waals surface area contributed by atoms with E-state index in [4.69, 9.17) is 4.74 Å². The molecule has 0 saturated carbocycles. The number of rotatable bonds is 4. The lowest BCUT2D eigenvalue weighted by Crippen LogP contribution is -2.64. The monoisotopic (exact) mass is 336 g/mol. The van der Waals surface area contributed by atoms with E-state index >= 15 is 0 Å². The van der Waals surface area contributed by atoms with Crippen molar-refractivity contribution in [3.63, 3.8) is 0 Å². The minimum absolute atomic E-state index is 0.138. The van der Waals surface area contributed by atoms with Crippen molar-refractivity contribution >= 4 is 5.69 Å². The van der Waals surface area contributed by atoms with Crippen molar-refractivity contribution in [3.8, 4) is 5.75 Å². The van der Waals surface area contributed by atoms with E-state index in [1.165, 1.54) is 18.5 Å². The highest BCUT2D eigenvalue weighted by Gasteiger charge is 2.46. The largest absolute Gasteiger partial charge is 0.497 e. The summed E-state index contributed by atoms with van der Waals surface area (Å²) in [5, 5.41) is 3.69. The fourth-order valence-corrected chi connectivity index (χ4v) is 4.95. The third kappa shape index (κ3) is 2.71. The van der Waals surface area contributed by atoms with Gasteiger partial charge in [0.2, 0.25) is 0 Å². The van der Waals surface area contributed by atoms with Gasteiger partial charge < -0.3 is 15.0 Å². The number of piperazine rings is 1. The SMILES string of the molecule is CCC1(C2CCc3ccccc32)CNCCN1c1ccc(OC)cc1. The third-order valence-electron chi connectivity index (χ3n) is 6.26. The van der Waals surface area contributed by atoms with Crippen LogP contribution in [0.25, 0.3) is 0 Å². The standard InChI is InChI=1S/C22H28N2O/c1-3-22(21-13-8-17-6-4-5-7-20(17)21)16-23-14-15-24(22)18-9-11-19(25-2)12-10-18/h4-7,9-12,21,23H,3,8,13-16H2,1-2H3. The number of fused-ring (bicyclic) bond motifs is 1. The summed E-state index contributed by atoms with van der Waals surface area (Å²) in [7, 11) is 1.73. The number of hydrogen-bond donors (Lipinski definition) is 1. The van der Waals surface area contributed by atoms with E-state index in [1.54, 1.807) is 18.2 Å². The molecule has 3 heteroatoms. The van der Waals surface area contributed by atoms with Gasteiger partial charge in [0.15, 0.2) is 0 Å². The number of aryl methyl sites for hydroxylation is 1. The number of benzene rings is 2. The Morgan fingerprint density at radius 3 is 2.72 bits per heavy atom. The summed E-state index contributed by atoms with van der Waals surface area (Å²) in [6.07, 6.45) is 3.60. The minimum Gasteiger partial charge on any atom is -0.497 e. The van der Waals surface area contributed by atoms with Crippen LogP contribution >= 0.6 is 0 Å². The Balaban J connectivity index is 1.74.